The van der Waals surface area contributed by atoms with Crippen molar-refractivity contribution in [2.24, 2.45) is 7.05 Å². The van der Waals surface area contributed by atoms with Gasteiger partial charge in [-0.05, 0) is 30.5 Å². The van der Waals surface area contributed by atoms with E-state index in [9.17, 15) is 26.0 Å². The predicted octanol–water partition coefficient (Wildman–Crippen LogP) is 4.23. The fourth-order valence-corrected chi connectivity index (χ4v) is 5.20. The van der Waals surface area contributed by atoms with E-state index in [0.29, 0.717) is 28.5 Å². The Morgan fingerprint density at radius 1 is 1.09 bits per heavy atom. The Balaban J connectivity index is 1.78. The van der Waals surface area contributed by atoms with Crippen molar-refractivity contribution in [1.29, 1.82) is 0 Å². The summed E-state index contributed by atoms with van der Waals surface area (Å²) >= 11 is 0. The minimum Gasteiger partial charge on any atom is -0.361 e. The fraction of sp³-hybridized carbons (Fsp3) is 0.348. The van der Waals surface area contributed by atoms with Crippen LogP contribution in [0.15, 0.2) is 61.1 Å². The lowest BCUT2D eigenvalue weighted by Gasteiger charge is -2.34. The van der Waals surface area contributed by atoms with E-state index in [2.05, 4.69) is 4.98 Å². The molecule has 34 heavy (non-hydrogen) atoms. The molecule has 1 aliphatic heterocycles. The summed E-state index contributed by atoms with van der Waals surface area (Å²) in [5.41, 5.74) is -3.61. The topological polar surface area (TPSA) is 58.4 Å². The number of fused-ring (bicyclic) bond motifs is 1. The molecular formula is C23H24F4N4O2S. The fourth-order valence-electron chi connectivity index (χ4n) is 4.24. The van der Waals surface area contributed by atoms with Gasteiger partial charge in [-0.2, -0.15) is 17.5 Å². The number of alkyl halides is 3. The average Bonchev–Trinajstić information content (AvgIpc) is 3.12. The van der Waals surface area contributed by atoms with E-state index in [1.807, 2.05) is 30.3 Å². The highest BCUT2D eigenvalue weighted by atomic mass is 32.2. The predicted molar refractivity (Wildman–Crippen MR) is 120 cm³/mol. The summed E-state index contributed by atoms with van der Waals surface area (Å²) in [6, 6.07) is 12.9. The van der Waals surface area contributed by atoms with Gasteiger partial charge in [-0.25, -0.2) is 17.8 Å². The van der Waals surface area contributed by atoms with Crippen molar-refractivity contribution in [3.05, 3.63) is 83.7 Å². The van der Waals surface area contributed by atoms with E-state index in [4.69, 9.17) is 0 Å². The third-order valence-electron chi connectivity index (χ3n) is 5.93. The molecule has 1 unspecified atom stereocenters. The number of hydrogen-bond donors (Lipinski definition) is 0. The van der Waals surface area contributed by atoms with Crippen LogP contribution in [0.5, 0.6) is 0 Å². The zero-order valence-corrected chi connectivity index (χ0v) is 19.2. The van der Waals surface area contributed by atoms with Crippen molar-refractivity contribution in [3.63, 3.8) is 0 Å². The number of anilines is 1. The zero-order chi connectivity index (χ0) is 24.5. The van der Waals surface area contributed by atoms with E-state index in [-0.39, 0.29) is 12.1 Å². The minimum atomic E-state index is -5.67. The molecule has 0 spiro atoms. The summed E-state index contributed by atoms with van der Waals surface area (Å²) in [6.45, 7) is -0.948. The molecule has 4 rings (SSSR count). The van der Waals surface area contributed by atoms with Crippen LogP contribution in [-0.4, -0.2) is 40.4 Å². The first-order valence-corrected chi connectivity index (χ1v) is 12.1. The second kappa shape index (κ2) is 9.38. The van der Waals surface area contributed by atoms with Gasteiger partial charge in [-0.3, -0.25) is 0 Å². The monoisotopic (exact) mass is 496 g/mol. The van der Waals surface area contributed by atoms with Gasteiger partial charge in [0.05, 0.1) is 18.6 Å². The quantitative estimate of drug-likeness (QED) is 0.480. The molecule has 0 bridgehead atoms. The van der Waals surface area contributed by atoms with E-state index in [1.165, 1.54) is 6.07 Å². The van der Waals surface area contributed by atoms with Crippen molar-refractivity contribution < 1.29 is 26.0 Å². The summed E-state index contributed by atoms with van der Waals surface area (Å²) in [7, 11) is -3.88. The number of aryl methyl sites for hydroxylation is 2. The second-order valence-electron chi connectivity index (χ2n) is 8.32. The summed E-state index contributed by atoms with van der Waals surface area (Å²) < 4.78 is 82.3. The lowest BCUT2D eigenvalue weighted by molar-refractivity contribution is -0.0492. The van der Waals surface area contributed by atoms with Gasteiger partial charge in [0, 0.05) is 43.6 Å². The number of hydrogen-bond acceptors (Lipinski definition) is 4. The van der Waals surface area contributed by atoms with Crippen molar-refractivity contribution in [2.75, 3.05) is 11.4 Å². The maximum Gasteiger partial charge on any atom is 0.511 e. The Labute approximate surface area is 195 Å². The molecule has 0 saturated heterocycles. The van der Waals surface area contributed by atoms with Gasteiger partial charge in [0.25, 0.3) is 0 Å². The molecule has 11 heteroatoms. The standard InChI is InChI=1S/C23H24F4N4O2S/c1-29-12-18(28-16-29)13-31-19(11-10-17-6-3-2-4-7-17)14-30(34(32,33)23(25,26)27)15-20-21(24)8-5-9-22(20)31/h2-9,12,16,19H,10-11,13-15H2,1H3. The van der Waals surface area contributed by atoms with Crippen molar-refractivity contribution >= 4 is 15.7 Å². The maximum absolute atomic E-state index is 14.9. The van der Waals surface area contributed by atoms with E-state index >= 15 is 0 Å². The Morgan fingerprint density at radius 3 is 2.47 bits per heavy atom. The largest absolute Gasteiger partial charge is 0.511 e. The SMILES string of the molecule is Cn1cnc(CN2c3cccc(F)c3CN(S(=O)(=O)C(F)(F)F)CC2CCc2ccccc2)c1. The van der Waals surface area contributed by atoms with Crippen LogP contribution in [0.1, 0.15) is 23.2 Å². The van der Waals surface area contributed by atoms with Crippen LogP contribution in [-0.2, 0) is 36.6 Å². The zero-order valence-electron chi connectivity index (χ0n) is 18.4. The molecule has 3 aromatic rings. The van der Waals surface area contributed by atoms with Crippen molar-refractivity contribution in [3.8, 4) is 0 Å². The first kappa shape index (κ1) is 24.2. The first-order valence-electron chi connectivity index (χ1n) is 10.7. The van der Waals surface area contributed by atoms with Crippen LogP contribution >= 0.6 is 0 Å². The third kappa shape index (κ3) is 4.95. The Morgan fingerprint density at radius 2 is 1.82 bits per heavy atom. The molecule has 6 nitrogen and oxygen atoms in total. The lowest BCUT2D eigenvalue weighted by atomic mass is 10.0. The van der Waals surface area contributed by atoms with E-state index in [1.54, 1.807) is 35.1 Å². The Bertz CT molecular complexity index is 1250. The van der Waals surface area contributed by atoms with Crippen molar-refractivity contribution in [1.82, 2.24) is 13.9 Å². The Hall–Kier alpha value is -2.92. The molecule has 0 saturated carbocycles. The molecule has 0 N–H and O–H groups in total. The van der Waals surface area contributed by atoms with Gasteiger partial charge < -0.3 is 9.47 Å². The van der Waals surface area contributed by atoms with E-state index < -0.39 is 40.5 Å². The highest BCUT2D eigenvalue weighted by molar-refractivity contribution is 7.89. The molecule has 0 aliphatic carbocycles. The number of imidazole rings is 1. The van der Waals surface area contributed by atoms with Crippen LogP contribution in [0.4, 0.5) is 23.2 Å². The first-order chi connectivity index (χ1) is 16.1. The van der Waals surface area contributed by atoms with Crippen LogP contribution in [0.3, 0.4) is 0 Å². The maximum atomic E-state index is 14.9. The molecule has 0 radical (unpaired) electrons. The van der Waals surface area contributed by atoms with Gasteiger partial charge in [0.2, 0.25) is 0 Å². The molecular weight excluding hydrogens is 472 g/mol. The van der Waals surface area contributed by atoms with Crippen LogP contribution in [0.2, 0.25) is 0 Å². The highest BCUT2D eigenvalue weighted by Crippen LogP contribution is 2.36. The number of nitrogens with zero attached hydrogens (tertiary/aromatic N) is 4. The number of rotatable bonds is 6. The number of benzene rings is 2. The number of aromatic nitrogens is 2. The molecule has 2 aromatic carbocycles. The van der Waals surface area contributed by atoms with E-state index in [0.717, 1.165) is 11.6 Å². The normalized spacial score (nSPS) is 17.4. The summed E-state index contributed by atoms with van der Waals surface area (Å²) in [6.07, 6.45) is 4.23. The third-order valence-corrected chi connectivity index (χ3v) is 7.47. The molecule has 0 fully saturated rings. The molecule has 182 valence electrons. The average molecular weight is 497 g/mol. The second-order valence-corrected chi connectivity index (χ2v) is 10.2. The van der Waals surface area contributed by atoms with Crippen LogP contribution in [0, 0.1) is 5.82 Å². The molecule has 1 atom stereocenters. The van der Waals surface area contributed by atoms with Gasteiger partial charge in [0.15, 0.2) is 0 Å². The van der Waals surface area contributed by atoms with Gasteiger partial charge in [-0.15, -0.1) is 0 Å². The minimum absolute atomic E-state index is 0.0894. The van der Waals surface area contributed by atoms with Crippen LogP contribution < -0.4 is 4.90 Å². The lowest BCUT2D eigenvalue weighted by Crippen LogP contribution is -2.47. The van der Waals surface area contributed by atoms with Crippen molar-refractivity contribution in [2.45, 2.75) is 37.5 Å². The summed E-state index contributed by atoms with van der Waals surface area (Å²) in [5, 5.41) is 0. The molecule has 2 heterocycles. The number of sulfonamides is 1. The van der Waals surface area contributed by atoms with Gasteiger partial charge in [0.1, 0.15) is 5.82 Å². The van der Waals surface area contributed by atoms with Crippen LogP contribution in [0.25, 0.3) is 0 Å². The molecule has 1 aliphatic rings. The summed E-state index contributed by atoms with van der Waals surface area (Å²) in [4.78, 5) is 6.08. The number of halogens is 4. The highest BCUT2D eigenvalue weighted by Gasteiger charge is 2.51. The molecule has 1 aromatic heterocycles. The smallest absolute Gasteiger partial charge is 0.361 e. The molecule has 0 amide bonds. The van der Waals surface area contributed by atoms with Gasteiger partial charge in [-0.1, -0.05) is 36.4 Å². The Kier molecular flexibility index (Phi) is 6.68. The van der Waals surface area contributed by atoms with Gasteiger partial charge >= 0.3 is 15.5 Å². The summed E-state index contributed by atoms with van der Waals surface area (Å²) in [5.74, 6) is -0.755.